The molecule has 2 aliphatic heterocycles. The molecule has 2 heterocycles. The first-order chi connectivity index (χ1) is 16.2. The van der Waals surface area contributed by atoms with E-state index in [0.29, 0.717) is 0 Å². The van der Waals surface area contributed by atoms with E-state index in [9.17, 15) is 4.21 Å². The minimum Gasteiger partial charge on any atom is -0.490 e. The maximum Gasteiger partial charge on any atom is 0.121 e. The molecule has 7 heteroatoms. The molecule has 0 aromatic heterocycles. The Hall–Kier alpha value is -2.54. The number of nitrogens with zero attached hydrogens (tertiary/aromatic N) is 2. The molecule has 0 spiro atoms. The lowest BCUT2D eigenvalue weighted by Crippen LogP contribution is -2.45. The van der Waals surface area contributed by atoms with E-state index >= 15 is 0 Å². The molecular weight excluding hydrogens is 444 g/mol. The molecule has 0 saturated heterocycles. The van der Waals surface area contributed by atoms with Crippen LogP contribution in [0.5, 0.6) is 5.75 Å². The Labute approximate surface area is 206 Å². The number of hydrogen-bond donors (Lipinski definition) is 2. The number of anilines is 2. The number of hydrogen-bond acceptors (Lipinski definition) is 6. The number of nitrogens with one attached hydrogen (secondary N) is 1. The first-order valence-electron chi connectivity index (χ1n) is 12.4. The number of fused-ring (bicyclic) bond motifs is 1. The molecule has 0 radical (unpaired) electrons. The number of aryl methyl sites for hydroxylation is 1. The highest BCUT2D eigenvalue weighted by Gasteiger charge is 2.34. The highest BCUT2D eigenvalue weighted by Crippen LogP contribution is 2.31. The van der Waals surface area contributed by atoms with E-state index in [2.05, 4.69) is 56.2 Å². The predicted octanol–water partition coefficient (Wildman–Crippen LogP) is 5.56. The van der Waals surface area contributed by atoms with Crippen LogP contribution in [-0.2, 0) is 17.2 Å². The van der Waals surface area contributed by atoms with Crippen molar-refractivity contribution < 1.29 is 8.95 Å². The summed E-state index contributed by atoms with van der Waals surface area (Å²) in [6.07, 6.45) is 5.91. The maximum absolute atomic E-state index is 12.3. The molecule has 3 unspecified atom stereocenters. The lowest BCUT2D eigenvalue weighted by molar-refractivity contribution is 0.118. The number of ether oxygens (including phenoxy) is 1. The smallest absolute Gasteiger partial charge is 0.121 e. The van der Waals surface area contributed by atoms with Gasteiger partial charge in [-0.3, -0.25) is 9.22 Å². The van der Waals surface area contributed by atoms with Gasteiger partial charge in [-0.05, 0) is 88.4 Å². The highest BCUT2D eigenvalue weighted by molar-refractivity contribution is 7.85. The van der Waals surface area contributed by atoms with Gasteiger partial charge in [-0.15, -0.1) is 0 Å². The van der Waals surface area contributed by atoms with E-state index in [4.69, 9.17) is 15.6 Å². The molecular formula is C27H38N4O2S. The number of nitrogen functional groups attached to an aromatic ring is 1. The zero-order chi connectivity index (χ0) is 24.3. The Morgan fingerprint density at radius 3 is 2.68 bits per heavy atom. The van der Waals surface area contributed by atoms with E-state index in [1.54, 1.807) is 0 Å². The van der Waals surface area contributed by atoms with Crippen LogP contribution in [0.4, 0.5) is 11.4 Å². The van der Waals surface area contributed by atoms with E-state index < -0.39 is 10.8 Å². The van der Waals surface area contributed by atoms with Crippen LogP contribution in [0.1, 0.15) is 65.4 Å². The predicted molar refractivity (Wildman–Crippen MR) is 142 cm³/mol. The van der Waals surface area contributed by atoms with Crippen molar-refractivity contribution in [3.05, 3.63) is 48.0 Å². The van der Waals surface area contributed by atoms with Gasteiger partial charge in [0.2, 0.25) is 0 Å². The summed E-state index contributed by atoms with van der Waals surface area (Å²) in [6.45, 7) is 8.76. The Bertz CT molecular complexity index is 1050. The maximum atomic E-state index is 12.3. The normalized spacial score (nSPS) is 20.7. The van der Waals surface area contributed by atoms with Crippen molar-refractivity contribution in [1.29, 1.82) is 0 Å². The fourth-order valence-corrected chi connectivity index (χ4v) is 6.02. The summed E-state index contributed by atoms with van der Waals surface area (Å²) in [4.78, 5) is 0.980. The number of rotatable bonds is 9. The lowest BCUT2D eigenvalue weighted by atomic mass is 10.0. The molecule has 0 aliphatic carbocycles. The largest absolute Gasteiger partial charge is 0.490 e. The summed E-state index contributed by atoms with van der Waals surface area (Å²) in [5.41, 5.74) is 9.87. The van der Waals surface area contributed by atoms with E-state index in [0.717, 1.165) is 66.3 Å². The van der Waals surface area contributed by atoms with Crippen LogP contribution in [0.25, 0.3) is 0 Å². The second-order valence-electron chi connectivity index (χ2n) is 10.3. The third-order valence-electron chi connectivity index (χ3n) is 6.41. The Kier molecular flexibility index (Phi) is 7.51. The molecule has 2 aromatic rings. The molecule has 184 valence electrons. The fourth-order valence-electron chi connectivity index (χ4n) is 4.67. The van der Waals surface area contributed by atoms with Crippen LogP contribution in [0.3, 0.4) is 0 Å². The van der Waals surface area contributed by atoms with Crippen LogP contribution in [-0.4, -0.2) is 38.5 Å². The molecule has 2 aliphatic rings. The second-order valence-corrected chi connectivity index (χ2v) is 11.8. The van der Waals surface area contributed by atoms with Crippen molar-refractivity contribution in [3.8, 4) is 5.75 Å². The lowest BCUT2D eigenvalue weighted by Gasteiger charge is -2.36. The summed E-state index contributed by atoms with van der Waals surface area (Å²) in [5.74, 6) is 1.60. The second kappa shape index (κ2) is 10.4. The molecule has 0 fully saturated rings. The monoisotopic (exact) mass is 482 g/mol. The van der Waals surface area contributed by atoms with Gasteiger partial charge in [0.15, 0.2) is 0 Å². The van der Waals surface area contributed by atoms with Crippen LogP contribution in [0, 0.1) is 0 Å². The first kappa shape index (κ1) is 24.6. The molecule has 34 heavy (non-hydrogen) atoms. The third kappa shape index (κ3) is 5.93. The third-order valence-corrected chi connectivity index (χ3v) is 7.86. The Morgan fingerprint density at radius 1 is 1.21 bits per heavy atom. The molecule has 3 atom stereocenters. The van der Waals surface area contributed by atoms with Crippen molar-refractivity contribution in [2.24, 2.45) is 5.10 Å². The van der Waals surface area contributed by atoms with Crippen LogP contribution < -0.4 is 15.8 Å². The van der Waals surface area contributed by atoms with Gasteiger partial charge in [0.1, 0.15) is 11.9 Å². The minimum absolute atomic E-state index is 0.0746. The fraction of sp³-hybridized carbons (Fsp3) is 0.519. The molecule has 3 N–H and O–H groups in total. The molecule has 0 bridgehead atoms. The molecule has 2 aromatic carbocycles. The van der Waals surface area contributed by atoms with Crippen molar-refractivity contribution in [3.63, 3.8) is 0 Å². The Balaban J connectivity index is 1.41. The van der Waals surface area contributed by atoms with Gasteiger partial charge < -0.3 is 15.8 Å². The molecule has 0 amide bonds. The van der Waals surface area contributed by atoms with Crippen LogP contribution in [0.15, 0.2) is 52.5 Å². The average Bonchev–Trinajstić information content (AvgIpc) is 3.37. The van der Waals surface area contributed by atoms with Gasteiger partial charge >= 0.3 is 0 Å². The zero-order valence-electron chi connectivity index (χ0n) is 20.8. The van der Waals surface area contributed by atoms with Crippen molar-refractivity contribution in [2.45, 2.75) is 88.9 Å². The summed E-state index contributed by atoms with van der Waals surface area (Å²) in [5, 5.41) is 10.9. The summed E-state index contributed by atoms with van der Waals surface area (Å²) in [6, 6.07) is 13.9. The van der Waals surface area contributed by atoms with Gasteiger partial charge in [-0.25, -0.2) is 0 Å². The number of nitrogens with two attached hydrogens (primary N) is 1. The standard InChI is InChI=1S/C27H38N4O2S/c1-5-6-23(33-24-12-8-20(28)9-13-24)14-11-22-18-26(31(30-22)27(2,3)4)29-21-10-7-19-15-16-34(32)25(19)17-21/h7-10,12-13,17,23,26,29H,5-6,11,14-16,18,28H2,1-4H3. The van der Waals surface area contributed by atoms with Crippen molar-refractivity contribution >= 4 is 27.9 Å². The molecule has 6 nitrogen and oxygen atoms in total. The number of hydrazone groups is 1. The minimum atomic E-state index is -0.876. The average molecular weight is 483 g/mol. The van der Waals surface area contributed by atoms with Crippen molar-refractivity contribution in [1.82, 2.24) is 5.01 Å². The van der Waals surface area contributed by atoms with E-state index in [1.807, 2.05) is 24.3 Å². The van der Waals surface area contributed by atoms with Gasteiger partial charge in [0.25, 0.3) is 0 Å². The zero-order valence-corrected chi connectivity index (χ0v) is 21.7. The summed E-state index contributed by atoms with van der Waals surface area (Å²) in [7, 11) is -0.876. The number of benzene rings is 2. The van der Waals surface area contributed by atoms with Gasteiger partial charge in [-0.1, -0.05) is 19.4 Å². The molecule has 0 saturated carbocycles. The summed E-state index contributed by atoms with van der Waals surface area (Å²) >= 11 is 0. The topological polar surface area (TPSA) is 80.0 Å². The van der Waals surface area contributed by atoms with Gasteiger partial charge in [-0.2, -0.15) is 5.10 Å². The van der Waals surface area contributed by atoms with E-state index in [-0.39, 0.29) is 17.8 Å². The first-order valence-corrected chi connectivity index (χ1v) is 13.7. The SMILES string of the molecule is CCCC(CCC1=NN(C(C)(C)C)C(Nc2ccc3c(c2)S(=O)CC3)C1)Oc1ccc(N)cc1. The van der Waals surface area contributed by atoms with E-state index in [1.165, 1.54) is 11.3 Å². The highest BCUT2D eigenvalue weighted by atomic mass is 32.2. The summed E-state index contributed by atoms with van der Waals surface area (Å²) < 4.78 is 18.6. The molecule has 4 rings (SSSR count). The van der Waals surface area contributed by atoms with Gasteiger partial charge in [0, 0.05) is 34.2 Å². The quantitative estimate of drug-likeness (QED) is 0.458. The van der Waals surface area contributed by atoms with Gasteiger partial charge in [0.05, 0.1) is 22.4 Å². The Morgan fingerprint density at radius 2 is 1.97 bits per heavy atom. The van der Waals surface area contributed by atoms with Crippen molar-refractivity contribution in [2.75, 3.05) is 16.8 Å². The van der Waals surface area contributed by atoms with Crippen LogP contribution in [0.2, 0.25) is 0 Å². The van der Waals surface area contributed by atoms with Crippen LogP contribution >= 0.6 is 0 Å².